The van der Waals surface area contributed by atoms with Gasteiger partial charge in [-0.05, 0) is 48.4 Å². The minimum atomic E-state index is -3.72. The van der Waals surface area contributed by atoms with E-state index in [0.717, 1.165) is 6.08 Å². The van der Waals surface area contributed by atoms with Gasteiger partial charge < -0.3 is 14.8 Å². The maximum atomic E-state index is 12.9. The Bertz CT molecular complexity index is 1110. The van der Waals surface area contributed by atoms with Crippen LogP contribution in [0.2, 0.25) is 0 Å². The van der Waals surface area contributed by atoms with Gasteiger partial charge in [-0.3, -0.25) is 4.79 Å². The number of nitrogens with zero attached hydrogens (tertiary/aromatic N) is 1. The van der Waals surface area contributed by atoms with Gasteiger partial charge in [0.25, 0.3) is 5.91 Å². The number of halogens is 1. The standard InChI is InChI=1S/C22H23FN2O6S/c1-16-2-8-19(32(28,29)25-10-12-30-13-11-25)14-20(16)24-21(26)15-31-22(27)9-5-17-3-6-18(23)7-4-17/h2-9,14H,10-13,15H2,1H3,(H,24,26)/b9-5+. The highest BCUT2D eigenvalue weighted by atomic mass is 32.2. The molecular formula is C22H23FN2O6S. The van der Waals surface area contributed by atoms with Gasteiger partial charge in [-0.1, -0.05) is 18.2 Å². The molecule has 32 heavy (non-hydrogen) atoms. The summed E-state index contributed by atoms with van der Waals surface area (Å²) >= 11 is 0. The third kappa shape index (κ3) is 6.22. The van der Waals surface area contributed by atoms with Gasteiger partial charge in [-0.15, -0.1) is 0 Å². The average molecular weight is 462 g/mol. The van der Waals surface area contributed by atoms with Crippen molar-refractivity contribution in [2.45, 2.75) is 11.8 Å². The normalized spacial score (nSPS) is 14.9. The van der Waals surface area contributed by atoms with Gasteiger partial charge in [0.15, 0.2) is 6.61 Å². The third-order valence-electron chi connectivity index (χ3n) is 4.72. The fourth-order valence-corrected chi connectivity index (χ4v) is 4.38. The van der Waals surface area contributed by atoms with E-state index in [9.17, 15) is 22.4 Å². The van der Waals surface area contributed by atoms with E-state index in [0.29, 0.717) is 30.0 Å². The molecule has 1 fully saturated rings. The molecule has 0 spiro atoms. The Hall–Kier alpha value is -3.08. The molecule has 0 saturated carbocycles. The lowest BCUT2D eigenvalue weighted by Gasteiger charge is -2.26. The summed E-state index contributed by atoms with van der Waals surface area (Å²) in [7, 11) is -3.72. The molecule has 0 radical (unpaired) electrons. The van der Waals surface area contributed by atoms with Crippen LogP contribution in [0.3, 0.4) is 0 Å². The van der Waals surface area contributed by atoms with Crippen LogP contribution in [0.25, 0.3) is 6.08 Å². The van der Waals surface area contributed by atoms with Crippen LogP contribution in [0, 0.1) is 12.7 Å². The number of rotatable bonds is 7. The first-order valence-corrected chi connectivity index (χ1v) is 11.3. The number of amides is 1. The lowest BCUT2D eigenvalue weighted by molar-refractivity contribution is -0.142. The first-order chi connectivity index (χ1) is 15.3. The molecule has 3 rings (SSSR count). The molecule has 2 aromatic rings. The monoisotopic (exact) mass is 462 g/mol. The van der Waals surface area contributed by atoms with Gasteiger partial charge in [0.1, 0.15) is 5.82 Å². The molecule has 1 N–H and O–H groups in total. The molecule has 170 valence electrons. The summed E-state index contributed by atoms with van der Waals surface area (Å²) in [6.07, 6.45) is 2.56. The molecule has 2 aromatic carbocycles. The highest BCUT2D eigenvalue weighted by molar-refractivity contribution is 7.89. The topological polar surface area (TPSA) is 102 Å². The molecule has 1 saturated heterocycles. The smallest absolute Gasteiger partial charge is 0.331 e. The van der Waals surface area contributed by atoms with Crippen molar-refractivity contribution in [2.24, 2.45) is 0 Å². The van der Waals surface area contributed by atoms with E-state index in [1.54, 1.807) is 13.0 Å². The van der Waals surface area contributed by atoms with E-state index in [1.165, 1.54) is 46.8 Å². The van der Waals surface area contributed by atoms with Crippen molar-refractivity contribution in [2.75, 3.05) is 38.2 Å². The van der Waals surface area contributed by atoms with Crippen LogP contribution in [0.15, 0.2) is 53.4 Å². The fraction of sp³-hybridized carbons (Fsp3) is 0.273. The molecule has 0 bridgehead atoms. The van der Waals surface area contributed by atoms with Crippen LogP contribution < -0.4 is 5.32 Å². The van der Waals surface area contributed by atoms with Crippen LogP contribution >= 0.6 is 0 Å². The summed E-state index contributed by atoms with van der Waals surface area (Å²) < 4.78 is 50.0. The number of ether oxygens (including phenoxy) is 2. The minimum absolute atomic E-state index is 0.0551. The Labute approximate surface area is 185 Å². The van der Waals surface area contributed by atoms with Crippen molar-refractivity contribution in [3.8, 4) is 0 Å². The number of benzene rings is 2. The van der Waals surface area contributed by atoms with Crippen LogP contribution in [-0.4, -0.2) is 57.5 Å². The molecule has 0 atom stereocenters. The van der Waals surface area contributed by atoms with Crippen molar-refractivity contribution in [1.82, 2.24) is 4.31 Å². The van der Waals surface area contributed by atoms with Gasteiger partial charge in [-0.2, -0.15) is 4.31 Å². The van der Waals surface area contributed by atoms with E-state index >= 15 is 0 Å². The van der Waals surface area contributed by atoms with Gasteiger partial charge in [0.05, 0.1) is 18.1 Å². The molecule has 1 aliphatic rings. The van der Waals surface area contributed by atoms with Crippen molar-refractivity contribution in [1.29, 1.82) is 0 Å². The van der Waals surface area contributed by atoms with Gasteiger partial charge in [0, 0.05) is 24.9 Å². The number of aryl methyl sites for hydroxylation is 1. The predicted octanol–water partition coefficient (Wildman–Crippen LogP) is 2.35. The molecule has 0 aliphatic carbocycles. The SMILES string of the molecule is Cc1ccc(S(=O)(=O)N2CCOCC2)cc1NC(=O)COC(=O)/C=C/c1ccc(F)cc1. The average Bonchev–Trinajstić information content (AvgIpc) is 2.79. The molecule has 0 unspecified atom stereocenters. The Morgan fingerprint density at radius 2 is 1.84 bits per heavy atom. The first-order valence-electron chi connectivity index (χ1n) is 9.84. The second kappa shape index (κ2) is 10.5. The number of morpholine rings is 1. The van der Waals surface area contributed by atoms with Gasteiger partial charge in [-0.25, -0.2) is 17.6 Å². The molecular weight excluding hydrogens is 439 g/mol. The maximum Gasteiger partial charge on any atom is 0.331 e. The highest BCUT2D eigenvalue weighted by Crippen LogP contribution is 2.23. The molecule has 1 amide bonds. The zero-order chi connectivity index (χ0) is 23.1. The summed E-state index contributed by atoms with van der Waals surface area (Å²) in [5.74, 6) is -1.75. The lowest BCUT2D eigenvalue weighted by Crippen LogP contribution is -2.40. The Morgan fingerprint density at radius 3 is 2.53 bits per heavy atom. The number of sulfonamides is 1. The first kappa shape index (κ1) is 23.6. The van der Waals surface area contributed by atoms with E-state index in [-0.39, 0.29) is 18.0 Å². The number of carbonyl (C=O) groups is 2. The van der Waals surface area contributed by atoms with Gasteiger partial charge in [0.2, 0.25) is 10.0 Å². The van der Waals surface area contributed by atoms with Crippen LogP contribution in [0.4, 0.5) is 10.1 Å². The molecule has 10 heteroatoms. The van der Waals surface area contributed by atoms with E-state index in [1.807, 2.05) is 0 Å². The number of nitrogens with one attached hydrogen (secondary N) is 1. The Balaban J connectivity index is 1.59. The van der Waals surface area contributed by atoms with Crippen LogP contribution in [0.5, 0.6) is 0 Å². The number of anilines is 1. The van der Waals surface area contributed by atoms with Crippen LogP contribution in [-0.2, 0) is 29.1 Å². The second-order valence-electron chi connectivity index (χ2n) is 7.03. The van der Waals surface area contributed by atoms with Crippen molar-refractivity contribution < 1.29 is 31.9 Å². The predicted molar refractivity (Wildman–Crippen MR) is 116 cm³/mol. The molecule has 1 aliphatic heterocycles. The second-order valence-corrected chi connectivity index (χ2v) is 8.97. The molecule has 8 nitrogen and oxygen atoms in total. The number of hydrogen-bond donors (Lipinski definition) is 1. The Kier molecular flexibility index (Phi) is 7.73. The van der Waals surface area contributed by atoms with Crippen LogP contribution in [0.1, 0.15) is 11.1 Å². The Morgan fingerprint density at radius 1 is 1.16 bits per heavy atom. The number of hydrogen-bond acceptors (Lipinski definition) is 6. The number of carbonyl (C=O) groups excluding carboxylic acids is 2. The van der Waals surface area contributed by atoms with Gasteiger partial charge >= 0.3 is 5.97 Å². The lowest BCUT2D eigenvalue weighted by atomic mass is 10.2. The largest absolute Gasteiger partial charge is 0.452 e. The van der Waals surface area contributed by atoms with Crippen molar-refractivity contribution in [3.05, 3.63) is 65.5 Å². The highest BCUT2D eigenvalue weighted by Gasteiger charge is 2.26. The fourth-order valence-electron chi connectivity index (χ4n) is 2.94. The summed E-state index contributed by atoms with van der Waals surface area (Å²) in [6.45, 7) is 2.36. The van der Waals surface area contributed by atoms with Crippen molar-refractivity contribution in [3.63, 3.8) is 0 Å². The summed E-state index contributed by atoms with van der Waals surface area (Å²) in [5.41, 5.74) is 1.56. The summed E-state index contributed by atoms with van der Waals surface area (Å²) in [4.78, 5) is 24.1. The quantitative estimate of drug-likeness (QED) is 0.501. The number of esters is 1. The van der Waals surface area contributed by atoms with E-state index < -0.39 is 34.3 Å². The minimum Gasteiger partial charge on any atom is -0.452 e. The zero-order valence-electron chi connectivity index (χ0n) is 17.4. The summed E-state index contributed by atoms with van der Waals surface area (Å²) in [5, 5.41) is 2.57. The van der Waals surface area contributed by atoms with E-state index in [2.05, 4.69) is 5.32 Å². The maximum absolute atomic E-state index is 12.9. The molecule has 0 aromatic heterocycles. The van der Waals surface area contributed by atoms with Crippen molar-refractivity contribution >= 4 is 33.7 Å². The molecule has 1 heterocycles. The summed E-state index contributed by atoms with van der Waals surface area (Å²) in [6, 6.07) is 9.96. The zero-order valence-corrected chi connectivity index (χ0v) is 18.2. The third-order valence-corrected chi connectivity index (χ3v) is 6.61. The van der Waals surface area contributed by atoms with E-state index in [4.69, 9.17) is 9.47 Å².